The minimum atomic E-state index is -3.73. The number of sulfonamides is 1. The van der Waals surface area contributed by atoms with Crippen LogP contribution < -0.4 is 10.6 Å². The summed E-state index contributed by atoms with van der Waals surface area (Å²) in [6, 6.07) is 4.88. The maximum absolute atomic E-state index is 13.3. The van der Waals surface area contributed by atoms with Gasteiger partial charge in [-0.2, -0.15) is 4.31 Å². The van der Waals surface area contributed by atoms with Gasteiger partial charge in [0.1, 0.15) is 0 Å². The van der Waals surface area contributed by atoms with E-state index in [1.165, 1.54) is 10.5 Å². The predicted octanol–water partition coefficient (Wildman–Crippen LogP) is 1.06. The number of carbonyl (C=O) groups is 1. The Morgan fingerprint density at radius 2 is 2.03 bits per heavy atom. The van der Waals surface area contributed by atoms with Gasteiger partial charge in [0.25, 0.3) is 0 Å². The number of benzene rings is 1. The highest BCUT2D eigenvalue weighted by Crippen LogP contribution is 2.32. The number of halogens is 1. The van der Waals surface area contributed by atoms with Gasteiger partial charge in [-0.25, -0.2) is 8.42 Å². The highest BCUT2D eigenvalue weighted by Gasteiger charge is 2.34. The molecular weight excluding hydrogens is 426 g/mol. The smallest absolute Gasteiger partial charge is 0.243 e. The molecule has 1 atom stereocenters. The summed E-state index contributed by atoms with van der Waals surface area (Å²) in [5.74, 6) is -0.0305. The second-order valence-electron chi connectivity index (χ2n) is 7.73. The molecule has 0 aliphatic carbocycles. The molecule has 1 aromatic heterocycles. The van der Waals surface area contributed by atoms with E-state index in [2.05, 4.69) is 20.5 Å². The fourth-order valence-corrected chi connectivity index (χ4v) is 6.13. The van der Waals surface area contributed by atoms with Gasteiger partial charge in [-0.05, 0) is 12.5 Å². The van der Waals surface area contributed by atoms with Gasteiger partial charge in [-0.1, -0.05) is 23.7 Å². The number of amides is 1. The van der Waals surface area contributed by atoms with Crippen molar-refractivity contribution in [2.24, 2.45) is 0 Å². The Morgan fingerprint density at radius 1 is 1.23 bits per heavy atom. The Labute approximate surface area is 181 Å². The molecule has 10 heteroatoms. The van der Waals surface area contributed by atoms with E-state index in [0.717, 1.165) is 32.7 Å². The van der Waals surface area contributed by atoms with Crippen molar-refractivity contribution in [3.8, 4) is 0 Å². The predicted molar refractivity (Wildman–Crippen MR) is 116 cm³/mol. The fraction of sp³-hybridized carbons (Fsp3) is 0.500. The number of pyridine rings is 1. The van der Waals surface area contributed by atoms with Crippen LogP contribution in [0.4, 0.5) is 0 Å². The third kappa shape index (κ3) is 4.60. The summed E-state index contributed by atoms with van der Waals surface area (Å²) in [6.07, 6.45) is 4.08. The molecule has 8 nitrogen and oxygen atoms in total. The third-order valence-corrected chi connectivity index (χ3v) is 7.89. The monoisotopic (exact) mass is 451 g/mol. The van der Waals surface area contributed by atoms with Crippen LogP contribution in [0.2, 0.25) is 5.02 Å². The van der Waals surface area contributed by atoms with Crippen molar-refractivity contribution in [1.82, 2.24) is 24.8 Å². The number of fused-ring (bicyclic) bond motifs is 1. The zero-order valence-electron chi connectivity index (χ0n) is 16.7. The van der Waals surface area contributed by atoms with Gasteiger partial charge in [0.05, 0.1) is 9.92 Å². The summed E-state index contributed by atoms with van der Waals surface area (Å²) in [5, 5.41) is 7.76. The number of nitrogens with zero attached hydrogens (tertiary/aromatic N) is 3. The minimum Gasteiger partial charge on any atom is -0.352 e. The summed E-state index contributed by atoms with van der Waals surface area (Å²) >= 11 is 6.26. The number of aromatic nitrogens is 1. The molecule has 162 valence electrons. The van der Waals surface area contributed by atoms with E-state index in [0.29, 0.717) is 35.2 Å². The summed E-state index contributed by atoms with van der Waals surface area (Å²) < 4.78 is 28.0. The molecule has 2 aliphatic rings. The molecule has 2 saturated heterocycles. The Balaban J connectivity index is 1.40. The van der Waals surface area contributed by atoms with E-state index in [1.54, 1.807) is 24.4 Å². The van der Waals surface area contributed by atoms with Crippen LogP contribution in [0.5, 0.6) is 0 Å². The summed E-state index contributed by atoms with van der Waals surface area (Å²) in [6.45, 7) is 5.16. The lowest BCUT2D eigenvalue weighted by atomic mass is 10.2. The SMILES string of the molecule is O=C(CCN1CCNCC1)NC1CCN(S(=O)(=O)c2cccc3cncc(Cl)c23)C1. The van der Waals surface area contributed by atoms with E-state index in [4.69, 9.17) is 11.6 Å². The molecule has 0 spiro atoms. The average Bonchev–Trinajstić information content (AvgIpc) is 3.22. The third-order valence-electron chi connectivity index (χ3n) is 5.70. The maximum Gasteiger partial charge on any atom is 0.243 e. The van der Waals surface area contributed by atoms with Crippen molar-refractivity contribution in [3.63, 3.8) is 0 Å². The Hall–Kier alpha value is -1.78. The number of carbonyl (C=O) groups excluding carboxylic acids is 1. The van der Waals surface area contributed by atoms with Gasteiger partial charge >= 0.3 is 0 Å². The van der Waals surface area contributed by atoms with Crippen LogP contribution in [0, 0.1) is 0 Å². The van der Waals surface area contributed by atoms with Gasteiger partial charge in [0.15, 0.2) is 0 Å². The van der Waals surface area contributed by atoms with Gasteiger partial charge in [0.2, 0.25) is 15.9 Å². The number of hydrogen-bond acceptors (Lipinski definition) is 6. The first-order valence-corrected chi connectivity index (χ1v) is 12.0. The van der Waals surface area contributed by atoms with Crippen molar-refractivity contribution < 1.29 is 13.2 Å². The molecule has 30 heavy (non-hydrogen) atoms. The van der Waals surface area contributed by atoms with Crippen molar-refractivity contribution in [2.75, 3.05) is 45.8 Å². The molecule has 1 amide bonds. The second-order valence-corrected chi connectivity index (χ2v) is 10.0. The van der Waals surface area contributed by atoms with Crippen LogP contribution in [0.15, 0.2) is 35.5 Å². The standard InChI is InChI=1S/C20H26ClN5O3S/c21-17-13-23-12-15-2-1-3-18(20(15)17)30(28,29)26-9-4-16(14-26)24-19(27)5-8-25-10-6-22-7-11-25/h1-3,12-13,16,22H,4-11,14H2,(H,24,27). The van der Waals surface area contributed by atoms with Crippen LogP contribution in [0.1, 0.15) is 12.8 Å². The molecule has 3 heterocycles. The number of piperazine rings is 1. The molecule has 2 aliphatic heterocycles. The lowest BCUT2D eigenvalue weighted by Crippen LogP contribution is -2.45. The first kappa shape index (κ1) is 21.5. The number of hydrogen-bond donors (Lipinski definition) is 2. The van der Waals surface area contributed by atoms with Crippen molar-refractivity contribution in [2.45, 2.75) is 23.8 Å². The van der Waals surface area contributed by atoms with Gasteiger partial charge in [0, 0.05) is 81.4 Å². The Kier molecular flexibility index (Phi) is 6.54. The van der Waals surface area contributed by atoms with Gasteiger partial charge in [-0.3, -0.25) is 9.78 Å². The molecule has 1 aromatic carbocycles. The van der Waals surface area contributed by atoms with Gasteiger partial charge in [-0.15, -0.1) is 0 Å². The lowest BCUT2D eigenvalue weighted by molar-refractivity contribution is -0.122. The van der Waals surface area contributed by atoms with Crippen LogP contribution in [-0.2, 0) is 14.8 Å². The maximum atomic E-state index is 13.3. The van der Waals surface area contributed by atoms with Crippen LogP contribution in [-0.4, -0.2) is 80.4 Å². The zero-order chi connectivity index (χ0) is 21.1. The summed E-state index contributed by atoms with van der Waals surface area (Å²) in [4.78, 5) is 18.8. The number of nitrogens with one attached hydrogen (secondary N) is 2. The van der Waals surface area contributed by atoms with Crippen molar-refractivity contribution in [1.29, 1.82) is 0 Å². The first-order chi connectivity index (χ1) is 14.4. The first-order valence-electron chi connectivity index (χ1n) is 10.2. The largest absolute Gasteiger partial charge is 0.352 e. The van der Waals surface area contributed by atoms with Crippen LogP contribution in [0.3, 0.4) is 0 Å². The van der Waals surface area contributed by atoms with Crippen LogP contribution >= 0.6 is 11.6 Å². The summed E-state index contributed by atoms with van der Waals surface area (Å²) in [7, 11) is -3.73. The average molecular weight is 452 g/mol. The normalized spacial score (nSPS) is 21.2. The van der Waals surface area contributed by atoms with Crippen molar-refractivity contribution in [3.05, 3.63) is 35.6 Å². The van der Waals surface area contributed by atoms with E-state index in [-0.39, 0.29) is 23.4 Å². The van der Waals surface area contributed by atoms with Crippen molar-refractivity contribution >= 4 is 38.3 Å². The highest BCUT2D eigenvalue weighted by molar-refractivity contribution is 7.89. The molecule has 2 fully saturated rings. The topological polar surface area (TPSA) is 94.6 Å². The molecule has 0 radical (unpaired) electrons. The fourth-order valence-electron chi connectivity index (χ4n) is 4.07. The number of rotatable bonds is 6. The van der Waals surface area contributed by atoms with Crippen LogP contribution in [0.25, 0.3) is 10.8 Å². The highest BCUT2D eigenvalue weighted by atomic mass is 35.5. The lowest BCUT2D eigenvalue weighted by Gasteiger charge is -2.27. The molecule has 4 rings (SSSR count). The molecular formula is C20H26ClN5O3S. The van der Waals surface area contributed by atoms with E-state index < -0.39 is 10.0 Å². The summed E-state index contributed by atoms with van der Waals surface area (Å²) in [5.41, 5.74) is 0. The Bertz CT molecular complexity index is 1020. The quantitative estimate of drug-likeness (QED) is 0.682. The van der Waals surface area contributed by atoms with Gasteiger partial charge < -0.3 is 15.5 Å². The van der Waals surface area contributed by atoms with E-state index in [9.17, 15) is 13.2 Å². The van der Waals surface area contributed by atoms with E-state index in [1.807, 2.05) is 0 Å². The molecule has 0 saturated carbocycles. The molecule has 1 unspecified atom stereocenters. The Morgan fingerprint density at radius 3 is 2.83 bits per heavy atom. The minimum absolute atomic E-state index is 0.0305. The molecule has 0 bridgehead atoms. The molecule has 2 aromatic rings. The second kappa shape index (κ2) is 9.15. The molecule has 2 N–H and O–H groups in total. The zero-order valence-corrected chi connectivity index (χ0v) is 18.3. The van der Waals surface area contributed by atoms with E-state index >= 15 is 0 Å².